The van der Waals surface area contributed by atoms with Gasteiger partial charge in [-0.2, -0.15) is 0 Å². The van der Waals surface area contributed by atoms with Crippen molar-refractivity contribution in [1.82, 2.24) is 10.2 Å². The van der Waals surface area contributed by atoms with E-state index in [0.717, 1.165) is 50.9 Å². The van der Waals surface area contributed by atoms with Crippen LogP contribution in [0.25, 0.3) is 0 Å². The van der Waals surface area contributed by atoms with Crippen LogP contribution in [0.3, 0.4) is 0 Å². The van der Waals surface area contributed by atoms with Crippen LogP contribution < -0.4 is 5.32 Å². The zero-order valence-electron chi connectivity index (χ0n) is 18.0. The highest BCUT2D eigenvalue weighted by atomic mass is 16.3. The summed E-state index contributed by atoms with van der Waals surface area (Å²) in [5.74, 6) is 5.67. The molecule has 0 spiro atoms. The molecule has 4 nitrogen and oxygen atoms in total. The lowest BCUT2D eigenvalue weighted by Gasteiger charge is -2.33. The number of amides is 1. The Hall–Kier alpha value is -2.61. The first-order chi connectivity index (χ1) is 14.4. The van der Waals surface area contributed by atoms with Crippen molar-refractivity contribution in [3.63, 3.8) is 0 Å². The summed E-state index contributed by atoms with van der Waals surface area (Å²) in [6.45, 7) is 6.35. The zero-order chi connectivity index (χ0) is 21.4. The van der Waals surface area contributed by atoms with Gasteiger partial charge in [0.25, 0.3) is 5.91 Å². The van der Waals surface area contributed by atoms with E-state index in [0.29, 0.717) is 5.56 Å². The van der Waals surface area contributed by atoms with Gasteiger partial charge in [0.2, 0.25) is 0 Å². The Kier molecular flexibility index (Phi) is 7.68. The molecular weight excluding hydrogens is 372 g/mol. The molecule has 0 radical (unpaired) electrons. The van der Waals surface area contributed by atoms with Gasteiger partial charge < -0.3 is 15.3 Å². The highest BCUT2D eigenvalue weighted by Crippen LogP contribution is 2.13. The Balaban J connectivity index is 1.50. The Morgan fingerprint density at radius 3 is 2.77 bits per heavy atom. The smallest absolute Gasteiger partial charge is 0.251 e. The predicted octanol–water partition coefficient (Wildman–Crippen LogP) is 3.64. The maximum absolute atomic E-state index is 12.7. The number of carbonyl (C=O) groups is 1. The van der Waals surface area contributed by atoms with Gasteiger partial charge in [0.05, 0.1) is 0 Å². The minimum absolute atomic E-state index is 0.0574. The van der Waals surface area contributed by atoms with Gasteiger partial charge in [0, 0.05) is 23.7 Å². The molecule has 1 fully saturated rings. The molecule has 0 saturated carbocycles. The standard InChI is InChI=1S/C26H32N2O2/c1-26(2,30)16-15-22-11-6-13-23(19-22)25(29)27-24-14-8-18-28(20-24)17-7-12-21-9-4-3-5-10-21/h3-6,9-11,13,19,24,30H,7-8,12,14,17-18,20H2,1-2H3,(H,27,29)/t24-/m0/s1. The lowest BCUT2D eigenvalue weighted by Crippen LogP contribution is -2.47. The Morgan fingerprint density at radius 2 is 2.00 bits per heavy atom. The third kappa shape index (κ3) is 7.33. The lowest BCUT2D eigenvalue weighted by atomic mass is 10.0. The summed E-state index contributed by atoms with van der Waals surface area (Å²) in [4.78, 5) is 15.2. The second kappa shape index (κ2) is 10.4. The monoisotopic (exact) mass is 404 g/mol. The van der Waals surface area contributed by atoms with E-state index in [1.54, 1.807) is 19.9 Å². The molecule has 0 aliphatic carbocycles. The van der Waals surface area contributed by atoms with Crippen LogP contribution in [-0.4, -0.2) is 47.2 Å². The Labute approximate surface area is 180 Å². The van der Waals surface area contributed by atoms with E-state index in [-0.39, 0.29) is 11.9 Å². The third-order valence-corrected chi connectivity index (χ3v) is 5.26. The summed E-state index contributed by atoms with van der Waals surface area (Å²) in [6.07, 6.45) is 4.34. The highest BCUT2D eigenvalue weighted by molar-refractivity contribution is 5.94. The highest BCUT2D eigenvalue weighted by Gasteiger charge is 2.21. The molecule has 158 valence electrons. The van der Waals surface area contributed by atoms with Crippen molar-refractivity contribution in [2.24, 2.45) is 0 Å². The summed E-state index contributed by atoms with van der Waals surface area (Å²) in [5, 5.41) is 13.0. The predicted molar refractivity (Wildman–Crippen MR) is 121 cm³/mol. The summed E-state index contributed by atoms with van der Waals surface area (Å²) >= 11 is 0. The summed E-state index contributed by atoms with van der Waals surface area (Å²) in [5.41, 5.74) is 1.67. The van der Waals surface area contributed by atoms with E-state index in [1.165, 1.54) is 5.56 Å². The fourth-order valence-corrected chi connectivity index (χ4v) is 3.76. The number of nitrogens with zero attached hydrogens (tertiary/aromatic N) is 1. The van der Waals surface area contributed by atoms with Crippen molar-refractivity contribution in [2.45, 2.75) is 51.2 Å². The number of rotatable bonds is 6. The van der Waals surface area contributed by atoms with Crippen LogP contribution in [0.5, 0.6) is 0 Å². The van der Waals surface area contributed by atoms with E-state index in [4.69, 9.17) is 0 Å². The Bertz CT molecular complexity index is 890. The minimum Gasteiger partial charge on any atom is -0.378 e. The molecule has 3 rings (SSSR count). The molecule has 0 unspecified atom stereocenters. The van der Waals surface area contributed by atoms with Gasteiger partial charge in [-0.1, -0.05) is 48.2 Å². The number of benzene rings is 2. The first-order valence-electron chi connectivity index (χ1n) is 10.8. The second-order valence-corrected chi connectivity index (χ2v) is 8.59. The van der Waals surface area contributed by atoms with Crippen LogP contribution in [-0.2, 0) is 6.42 Å². The molecular formula is C26H32N2O2. The number of aliphatic hydroxyl groups is 1. The van der Waals surface area contributed by atoms with E-state index in [1.807, 2.05) is 18.2 Å². The number of piperidine rings is 1. The summed E-state index contributed by atoms with van der Waals surface area (Å²) in [7, 11) is 0. The van der Waals surface area contributed by atoms with Crippen LogP contribution in [0.2, 0.25) is 0 Å². The molecule has 1 atom stereocenters. The van der Waals surface area contributed by atoms with Crippen molar-refractivity contribution in [3.05, 3.63) is 71.3 Å². The van der Waals surface area contributed by atoms with Crippen molar-refractivity contribution in [2.75, 3.05) is 19.6 Å². The molecule has 1 amide bonds. The van der Waals surface area contributed by atoms with Crippen molar-refractivity contribution < 1.29 is 9.90 Å². The fraction of sp³-hybridized carbons (Fsp3) is 0.423. The number of aryl methyl sites for hydroxylation is 1. The molecule has 4 heteroatoms. The first kappa shape index (κ1) is 22.1. The second-order valence-electron chi connectivity index (χ2n) is 8.59. The maximum atomic E-state index is 12.7. The number of nitrogens with one attached hydrogen (secondary N) is 1. The molecule has 1 aliphatic rings. The molecule has 2 aromatic rings. The van der Waals surface area contributed by atoms with Gasteiger partial charge in [0.15, 0.2) is 0 Å². The van der Waals surface area contributed by atoms with Crippen LogP contribution in [0.1, 0.15) is 54.6 Å². The minimum atomic E-state index is -1.05. The zero-order valence-corrected chi connectivity index (χ0v) is 18.0. The quantitative estimate of drug-likeness (QED) is 0.723. The fourth-order valence-electron chi connectivity index (χ4n) is 3.76. The number of hydrogen-bond acceptors (Lipinski definition) is 3. The molecule has 0 aromatic heterocycles. The summed E-state index contributed by atoms with van der Waals surface area (Å²) < 4.78 is 0. The van der Waals surface area contributed by atoms with E-state index < -0.39 is 5.60 Å². The van der Waals surface area contributed by atoms with E-state index in [2.05, 4.69) is 52.4 Å². The van der Waals surface area contributed by atoms with Crippen LogP contribution in [0.4, 0.5) is 0 Å². The Morgan fingerprint density at radius 1 is 1.20 bits per heavy atom. The number of likely N-dealkylation sites (tertiary alicyclic amines) is 1. The number of hydrogen-bond donors (Lipinski definition) is 2. The largest absolute Gasteiger partial charge is 0.378 e. The molecule has 1 saturated heterocycles. The molecule has 2 N–H and O–H groups in total. The SMILES string of the molecule is CC(C)(O)C#Cc1cccc(C(=O)N[C@H]2CCCN(CCCc3ccccc3)C2)c1. The van der Waals surface area contributed by atoms with Crippen molar-refractivity contribution in [1.29, 1.82) is 0 Å². The topological polar surface area (TPSA) is 52.6 Å². The molecule has 1 aliphatic heterocycles. The van der Waals surface area contributed by atoms with Crippen LogP contribution >= 0.6 is 0 Å². The summed E-state index contributed by atoms with van der Waals surface area (Å²) in [6, 6.07) is 18.1. The van der Waals surface area contributed by atoms with Crippen LogP contribution in [0, 0.1) is 11.8 Å². The third-order valence-electron chi connectivity index (χ3n) is 5.26. The van der Waals surface area contributed by atoms with Gasteiger partial charge in [-0.3, -0.25) is 4.79 Å². The van der Waals surface area contributed by atoms with Crippen LogP contribution in [0.15, 0.2) is 54.6 Å². The van der Waals surface area contributed by atoms with Crippen molar-refractivity contribution in [3.8, 4) is 11.8 Å². The van der Waals surface area contributed by atoms with Gasteiger partial charge in [0.1, 0.15) is 5.60 Å². The molecule has 1 heterocycles. The number of carbonyl (C=O) groups excluding carboxylic acids is 1. The average molecular weight is 405 g/mol. The normalized spacial score (nSPS) is 17.1. The van der Waals surface area contributed by atoms with Gasteiger partial charge in [-0.15, -0.1) is 0 Å². The first-order valence-corrected chi connectivity index (χ1v) is 10.8. The maximum Gasteiger partial charge on any atom is 0.251 e. The van der Waals surface area contributed by atoms with Gasteiger partial charge in [-0.05, 0) is 76.4 Å². The lowest BCUT2D eigenvalue weighted by molar-refractivity contribution is 0.0903. The average Bonchev–Trinajstić information content (AvgIpc) is 2.73. The molecule has 30 heavy (non-hydrogen) atoms. The van der Waals surface area contributed by atoms with Crippen molar-refractivity contribution >= 4 is 5.91 Å². The van der Waals surface area contributed by atoms with E-state index in [9.17, 15) is 9.90 Å². The van der Waals surface area contributed by atoms with Gasteiger partial charge in [-0.25, -0.2) is 0 Å². The molecule has 2 aromatic carbocycles. The van der Waals surface area contributed by atoms with Gasteiger partial charge >= 0.3 is 0 Å². The van der Waals surface area contributed by atoms with E-state index >= 15 is 0 Å². The molecule has 0 bridgehead atoms.